The first-order valence-corrected chi connectivity index (χ1v) is 4.02. The van der Waals surface area contributed by atoms with Crippen molar-refractivity contribution < 1.29 is 14.6 Å². The third-order valence-electron chi connectivity index (χ3n) is 2.96. The molecule has 2 fully saturated rings. The Hall–Kier alpha value is -0.570. The highest BCUT2D eigenvalue weighted by molar-refractivity contribution is 5.75. The van der Waals surface area contributed by atoms with Crippen LogP contribution in [0, 0.1) is 5.41 Å². The van der Waals surface area contributed by atoms with Crippen LogP contribution in [-0.4, -0.2) is 23.3 Å². The zero-order valence-corrected chi connectivity index (χ0v) is 6.54. The van der Waals surface area contributed by atoms with Gasteiger partial charge in [0.2, 0.25) is 0 Å². The van der Waals surface area contributed by atoms with Gasteiger partial charge in [-0.25, -0.2) is 0 Å². The number of hydrogen-bond donors (Lipinski definition) is 1. The SMILES string of the molecule is C[C@@]1(C(=O)O)C[C@@H]2CC[C@@H]1O2. The van der Waals surface area contributed by atoms with Crippen LogP contribution in [0.2, 0.25) is 0 Å². The van der Waals surface area contributed by atoms with Crippen LogP contribution in [0.1, 0.15) is 26.2 Å². The lowest BCUT2D eigenvalue weighted by molar-refractivity contribution is -0.150. The first kappa shape index (κ1) is 7.10. The van der Waals surface area contributed by atoms with Crippen LogP contribution in [0.15, 0.2) is 0 Å². The van der Waals surface area contributed by atoms with E-state index in [2.05, 4.69) is 0 Å². The molecule has 2 saturated heterocycles. The molecule has 0 radical (unpaired) electrons. The molecular weight excluding hydrogens is 144 g/mol. The maximum absolute atomic E-state index is 10.8. The highest BCUT2D eigenvalue weighted by Gasteiger charge is 2.54. The normalized spacial score (nSPS) is 48.1. The first-order chi connectivity index (χ1) is 5.13. The van der Waals surface area contributed by atoms with Crippen LogP contribution in [0.25, 0.3) is 0 Å². The molecular formula is C8H12O3. The molecule has 0 spiro atoms. The number of hydrogen-bond acceptors (Lipinski definition) is 2. The lowest BCUT2D eigenvalue weighted by Crippen LogP contribution is -2.37. The van der Waals surface area contributed by atoms with Gasteiger partial charge in [0, 0.05) is 0 Å². The zero-order valence-electron chi connectivity index (χ0n) is 6.54. The molecule has 3 atom stereocenters. The highest BCUT2D eigenvalue weighted by Crippen LogP contribution is 2.47. The number of rotatable bonds is 1. The van der Waals surface area contributed by atoms with Gasteiger partial charge < -0.3 is 9.84 Å². The summed E-state index contributed by atoms with van der Waals surface area (Å²) in [4.78, 5) is 10.8. The van der Waals surface area contributed by atoms with Crippen molar-refractivity contribution in [1.29, 1.82) is 0 Å². The van der Waals surface area contributed by atoms with Gasteiger partial charge in [-0.2, -0.15) is 0 Å². The molecule has 2 heterocycles. The molecule has 2 bridgehead atoms. The fourth-order valence-electron chi connectivity index (χ4n) is 2.15. The Bertz CT molecular complexity index is 202. The Balaban J connectivity index is 2.23. The van der Waals surface area contributed by atoms with Gasteiger partial charge in [0.15, 0.2) is 0 Å². The minimum atomic E-state index is -0.704. The van der Waals surface area contributed by atoms with Crippen LogP contribution < -0.4 is 0 Å². The molecule has 0 aromatic heterocycles. The van der Waals surface area contributed by atoms with Crippen molar-refractivity contribution in [2.24, 2.45) is 5.41 Å². The van der Waals surface area contributed by atoms with E-state index in [1.165, 1.54) is 0 Å². The molecule has 62 valence electrons. The molecule has 0 amide bonds. The Morgan fingerprint density at radius 2 is 2.36 bits per heavy atom. The van der Waals surface area contributed by atoms with Crippen molar-refractivity contribution in [3.05, 3.63) is 0 Å². The summed E-state index contributed by atoms with van der Waals surface area (Å²) in [6.07, 6.45) is 2.87. The minimum absolute atomic E-state index is 0.0231. The smallest absolute Gasteiger partial charge is 0.312 e. The number of aliphatic carboxylic acids is 1. The average molecular weight is 156 g/mol. The fourth-order valence-corrected chi connectivity index (χ4v) is 2.15. The standard InChI is InChI=1S/C8H12O3/c1-8(7(9)10)4-5-2-3-6(8)11-5/h5-6H,2-4H2,1H3,(H,9,10)/t5-,6-,8+/m0/s1. The number of carbonyl (C=O) groups is 1. The summed E-state index contributed by atoms with van der Waals surface area (Å²) in [5.41, 5.74) is -0.594. The molecule has 2 rings (SSSR count). The monoisotopic (exact) mass is 156 g/mol. The predicted octanol–water partition coefficient (Wildman–Crippen LogP) is 1.03. The average Bonchev–Trinajstić information content (AvgIpc) is 2.45. The molecule has 11 heavy (non-hydrogen) atoms. The van der Waals surface area contributed by atoms with Crippen LogP contribution in [0.5, 0.6) is 0 Å². The third-order valence-corrected chi connectivity index (χ3v) is 2.96. The van der Waals surface area contributed by atoms with Crippen molar-refractivity contribution in [2.75, 3.05) is 0 Å². The molecule has 1 N–H and O–H groups in total. The second-order valence-electron chi connectivity index (χ2n) is 3.75. The van der Waals surface area contributed by atoms with Gasteiger partial charge in [0.05, 0.1) is 17.6 Å². The summed E-state index contributed by atoms with van der Waals surface area (Å²) < 4.78 is 5.47. The molecule has 0 unspecified atom stereocenters. The third kappa shape index (κ3) is 0.805. The van der Waals surface area contributed by atoms with E-state index in [0.717, 1.165) is 12.8 Å². The quantitative estimate of drug-likeness (QED) is 0.616. The maximum Gasteiger partial charge on any atom is 0.312 e. The van der Waals surface area contributed by atoms with Crippen molar-refractivity contribution >= 4 is 5.97 Å². The topological polar surface area (TPSA) is 46.5 Å². The van der Waals surface area contributed by atoms with Gasteiger partial charge >= 0.3 is 5.97 Å². The van der Waals surface area contributed by atoms with E-state index in [1.54, 1.807) is 6.92 Å². The molecule has 0 saturated carbocycles. The minimum Gasteiger partial charge on any atom is -0.481 e. The van der Waals surface area contributed by atoms with Gasteiger partial charge in [-0.15, -0.1) is 0 Å². The number of ether oxygens (including phenoxy) is 1. The van der Waals surface area contributed by atoms with Crippen LogP contribution in [0.4, 0.5) is 0 Å². The van der Waals surface area contributed by atoms with Crippen molar-refractivity contribution in [2.45, 2.75) is 38.4 Å². The molecule has 3 heteroatoms. The Morgan fingerprint density at radius 3 is 2.64 bits per heavy atom. The summed E-state index contributed by atoms with van der Waals surface area (Å²) in [6.45, 7) is 1.79. The van der Waals surface area contributed by atoms with Crippen LogP contribution in [0.3, 0.4) is 0 Å². The Labute approximate surface area is 65.4 Å². The summed E-state index contributed by atoms with van der Waals surface area (Å²) in [6, 6.07) is 0. The zero-order chi connectivity index (χ0) is 8.06. The molecule has 2 aliphatic rings. The molecule has 0 aromatic carbocycles. The van der Waals surface area contributed by atoms with E-state index >= 15 is 0 Å². The lowest BCUT2D eigenvalue weighted by atomic mass is 9.76. The molecule has 0 aromatic rings. The largest absolute Gasteiger partial charge is 0.481 e. The molecule has 2 aliphatic heterocycles. The summed E-state index contributed by atoms with van der Waals surface area (Å²) >= 11 is 0. The van der Waals surface area contributed by atoms with Crippen molar-refractivity contribution in [3.8, 4) is 0 Å². The van der Waals surface area contributed by atoms with E-state index in [-0.39, 0.29) is 12.2 Å². The van der Waals surface area contributed by atoms with Gasteiger partial charge in [-0.05, 0) is 26.2 Å². The number of carboxylic acids is 1. The first-order valence-electron chi connectivity index (χ1n) is 4.02. The maximum atomic E-state index is 10.8. The fraction of sp³-hybridized carbons (Fsp3) is 0.875. The van der Waals surface area contributed by atoms with Crippen molar-refractivity contribution in [3.63, 3.8) is 0 Å². The highest BCUT2D eigenvalue weighted by atomic mass is 16.5. The lowest BCUT2D eigenvalue weighted by Gasteiger charge is -2.25. The van der Waals surface area contributed by atoms with Crippen molar-refractivity contribution in [1.82, 2.24) is 0 Å². The predicted molar refractivity (Wildman–Crippen MR) is 38.3 cm³/mol. The molecule has 3 nitrogen and oxygen atoms in total. The summed E-state index contributed by atoms with van der Waals surface area (Å²) in [7, 11) is 0. The van der Waals surface area contributed by atoms with E-state index < -0.39 is 11.4 Å². The number of carboxylic acid groups (broad SMARTS) is 1. The number of fused-ring (bicyclic) bond motifs is 2. The van der Waals surface area contributed by atoms with E-state index in [0.29, 0.717) is 6.42 Å². The van der Waals surface area contributed by atoms with E-state index in [9.17, 15) is 4.79 Å². The Morgan fingerprint density at radius 1 is 1.64 bits per heavy atom. The van der Waals surface area contributed by atoms with Crippen LogP contribution in [-0.2, 0) is 9.53 Å². The van der Waals surface area contributed by atoms with Gasteiger partial charge in [-0.3, -0.25) is 4.79 Å². The second-order valence-corrected chi connectivity index (χ2v) is 3.75. The van der Waals surface area contributed by atoms with E-state index in [4.69, 9.17) is 9.84 Å². The van der Waals surface area contributed by atoms with Gasteiger partial charge in [-0.1, -0.05) is 0 Å². The van der Waals surface area contributed by atoms with E-state index in [1.807, 2.05) is 0 Å². The Kier molecular flexibility index (Phi) is 1.27. The second kappa shape index (κ2) is 1.97. The van der Waals surface area contributed by atoms with Gasteiger partial charge in [0.25, 0.3) is 0 Å². The summed E-state index contributed by atoms with van der Waals surface area (Å²) in [5.74, 6) is -0.704. The van der Waals surface area contributed by atoms with Gasteiger partial charge in [0.1, 0.15) is 0 Å². The molecule has 0 aliphatic carbocycles. The summed E-state index contributed by atoms with van der Waals surface area (Å²) in [5, 5.41) is 8.91. The van der Waals surface area contributed by atoms with Crippen LogP contribution >= 0.6 is 0 Å².